The van der Waals surface area contributed by atoms with Crippen LogP contribution in [0.4, 0.5) is 0 Å². The fourth-order valence-corrected chi connectivity index (χ4v) is 3.65. The standard InChI is InChI=1S/C15H17BrN2O2/c1-2-18-13-7-6-9(16)8-12(13)17-14(18)10-4-3-5-11(10)15(19)20/h6-8,10-11H,2-5H2,1H3,(H,19,20). The van der Waals surface area contributed by atoms with Crippen molar-refractivity contribution >= 4 is 32.9 Å². The first-order chi connectivity index (χ1) is 9.61. The number of nitrogens with zero attached hydrogens (tertiary/aromatic N) is 2. The number of fused-ring (bicyclic) bond motifs is 1. The van der Waals surface area contributed by atoms with Crippen LogP contribution < -0.4 is 0 Å². The summed E-state index contributed by atoms with van der Waals surface area (Å²) in [6.45, 7) is 2.90. The van der Waals surface area contributed by atoms with Gasteiger partial charge in [0.1, 0.15) is 5.82 Å². The first-order valence-corrected chi connectivity index (χ1v) is 7.79. The summed E-state index contributed by atoms with van der Waals surface area (Å²) in [5, 5.41) is 9.38. The highest BCUT2D eigenvalue weighted by atomic mass is 79.9. The van der Waals surface area contributed by atoms with Crippen molar-refractivity contribution in [2.75, 3.05) is 0 Å². The van der Waals surface area contributed by atoms with Crippen LogP contribution in [0.1, 0.15) is 37.9 Å². The molecule has 1 aromatic heterocycles. The maximum Gasteiger partial charge on any atom is 0.307 e. The molecule has 0 saturated heterocycles. The fraction of sp³-hybridized carbons (Fsp3) is 0.467. The molecule has 1 aromatic carbocycles. The first kappa shape index (κ1) is 13.6. The van der Waals surface area contributed by atoms with Gasteiger partial charge < -0.3 is 9.67 Å². The van der Waals surface area contributed by atoms with Crippen molar-refractivity contribution in [2.45, 2.75) is 38.6 Å². The Morgan fingerprint density at radius 2 is 2.30 bits per heavy atom. The van der Waals surface area contributed by atoms with Crippen molar-refractivity contribution in [1.82, 2.24) is 9.55 Å². The van der Waals surface area contributed by atoms with E-state index in [1.54, 1.807) is 0 Å². The van der Waals surface area contributed by atoms with Gasteiger partial charge in [-0.25, -0.2) is 4.98 Å². The maximum atomic E-state index is 11.4. The summed E-state index contributed by atoms with van der Waals surface area (Å²) in [4.78, 5) is 16.1. The lowest BCUT2D eigenvalue weighted by Crippen LogP contribution is -2.20. The molecule has 0 bridgehead atoms. The van der Waals surface area contributed by atoms with Crippen molar-refractivity contribution in [3.05, 3.63) is 28.5 Å². The number of carboxylic acid groups (broad SMARTS) is 1. The Morgan fingerprint density at radius 3 is 3.00 bits per heavy atom. The lowest BCUT2D eigenvalue weighted by Gasteiger charge is -2.16. The molecule has 5 heteroatoms. The molecule has 1 saturated carbocycles. The second-order valence-electron chi connectivity index (χ2n) is 5.33. The van der Waals surface area contributed by atoms with E-state index in [4.69, 9.17) is 4.98 Å². The van der Waals surface area contributed by atoms with E-state index in [9.17, 15) is 9.90 Å². The molecule has 20 heavy (non-hydrogen) atoms. The lowest BCUT2D eigenvalue weighted by molar-refractivity contribution is -0.142. The van der Waals surface area contributed by atoms with E-state index >= 15 is 0 Å². The number of benzene rings is 1. The highest BCUT2D eigenvalue weighted by Crippen LogP contribution is 2.40. The van der Waals surface area contributed by atoms with E-state index in [2.05, 4.69) is 27.4 Å². The topological polar surface area (TPSA) is 55.1 Å². The summed E-state index contributed by atoms with van der Waals surface area (Å²) in [5.74, 6) is -0.00642. The summed E-state index contributed by atoms with van der Waals surface area (Å²) in [5.41, 5.74) is 2.02. The van der Waals surface area contributed by atoms with E-state index in [-0.39, 0.29) is 11.8 Å². The van der Waals surface area contributed by atoms with E-state index in [1.807, 2.05) is 18.2 Å². The van der Waals surface area contributed by atoms with Crippen LogP contribution in [0.5, 0.6) is 0 Å². The number of hydrogen-bond donors (Lipinski definition) is 1. The van der Waals surface area contributed by atoms with Crippen LogP contribution in [0.3, 0.4) is 0 Å². The summed E-state index contributed by atoms with van der Waals surface area (Å²) in [6.07, 6.45) is 2.65. The van der Waals surface area contributed by atoms with E-state index in [0.717, 1.165) is 47.1 Å². The molecular formula is C15H17BrN2O2. The molecular weight excluding hydrogens is 320 g/mol. The van der Waals surface area contributed by atoms with Crippen LogP contribution in [0, 0.1) is 5.92 Å². The van der Waals surface area contributed by atoms with Crippen LogP contribution in [0.2, 0.25) is 0 Å². The van der Waals surface area contributed by atoms with Gasteiger partial charge in [0, 0.05) is 16.9 Å². The van der Waals surface area contributed by atoms with Gasteiger partial charge in [0.2, 0.25) is 0 Å². The van der Waals surface area contributed by atoms with Crippen molar-refractivity contribution in [3.63, 3.8) is 0 Å². The van der Waals surface area contributed by atoms with Crippen molar-refractivity contribution in [3.8, 4) is 0 Å². The van der Waals surface area contributed by atoms with Gasteiger partial charge >= 0.3 is 5.97 Å². The van der Waals surface area contributed by atoms with Crippen LogP contribution in [-0.4, -0.2) is 20.6 Å². The molecule has 2 aromatic rings. The third-order valence-corrected chi connectivity index (χ3v) is 4.71. The van der Waals surface area contributed by atoms with Crippen LogP contribution in [0.25, 0.3) is 11.0 Å². The number of imidazole rings is 1. The highest BCUT2D eigenvalue weighted by molar-refractivity contribution is 9.10. The van der Waals surface area contributed by atoms with Crippen LogP contribution in [0.15, 0.2) is 22.7 Å². The van der Waals surface area contributed by atoms with Crippen LogP contribution >= 0.6 is 15.9 Å². The highest BCUT2D eigenvalue weighted by Gasteiger charge is 2.36. The van der Waals surface area contributed by atoms with Crippen LogP contribution in [-0.2, 0) is 11.3 Å². The van der Waals surface area contributed by atoms with E-state index < -0.39 is 5.97 Å². The van der Waals surface area contributed by atoms with Crippen molar-refractivity contribution < 1.29 is 9.90 Å². The monoisotopic (exact) mass is 336 g/mol. The van der Waals surface area contributed by atoms with Gasteiger partial charge in [-0.1, -0.05) is 22.4 Å². The third-order valence-electron chi connectivity index (χ3n) is 4.22. The fourth-order valence-electron chi connectivity index (χ4n) is 3.30. The van der Waals surface area contributed by atoms with E-state index in [1.165, 1.54) is 0 Å². The largest absolute Gasteiger partial charge is 0.481 e. The molecule has 0 aliphatic heterocycles. The zero-order valence-corrected chi connectivity index (χ0v) is 12.9. The molecule has 1 aliphatic rings. The summed E-state index contributed by atoms with van der Waals surface area (Å²) >= 11 is 3.46. The number of halogens is 1. The zero-order valence-electron chi connectivity index (χ0n) is 11.3. The third kappa shape index (κ3) is 2.14. The molecule has 3 rings (SSSR count). The van der Waals surface area contributed by atoms with Gasteiger partial charge in [0.05, 0.1) is 17.0 Å². The smallest absolute Gasteiger partial charge is 0.307 e. The minimum atomic E-state index is -0.691. The molecule has 1 heterocycles. The average molecular weight is 337 g/mol. The number of carbonyl (C=O) groups is 1. The van der Waals surface area contributed by atoms with Gasteiger partial charge in [0.15, 0.2) is 0 Å². The molecule has 1 fully saturated rings. The summed E-state index contributed by atoms with van der Waals surface area (Å²) in [7, 11) is 0. The van der Waals surface area contributed by atoms with Crippen molar-refractivity contribution in [2.24, 2.45) is 5.92 Å². The Bertz CT molecular complexity index is 665. The number of rotatable bonds is 3. The normalized spacial score (nSPS) is 22.5. The summed E-state index contributed by atoms with van der Waals surface area (Å²) in [6, 6.07) is 6.04. The lowest BCUT2D eigenvalue weighted by atomic mass is 9.95. The molecule has 106 valence electrons. The second-order valence-corrected chi connectivity index (χ2v) is 6.25. The number of carboxylic acids is 1. The molecule has 1 aliphatic carbocycles. The van der Waals surface area contributed by atoms with Gasteiger partial charge in [-0.05, 0) is 38.0 Å². The first-order valence-electron chi connectivity index (χ1n) is 7.00. The average Bonchev–Trinajstić information content (AvgIpc) is 3.01. The van der Waals surface area contributed by atoms with Gasteiger partial charge in [-0.2, -0.15) is 0 Å². The second kappa shape index (κ2) is 5.20. The quantitative estimate of drug-likeness (QED) is 0.927. The molecule has 1 N–H and O–H groups in total. The minimum absolute atomic E-state index is 0.0404. The Hall–Kier alpha value is -1.36. The van der Waals surface area contributed by atoms with Crippen molar-refractivity contribution in [1.29, 1.82) is 0 Å². The Kier molecular flexibility index (Phi) is 3.54. The summed E-state index contributed by atoms with van der Waals surface area (Å²) < 4.78 is 3.16. The number of aromatic nitrogens is 2. The number of aliphatic carboxylic acids is 1. The number of aryl methyl sites for hydroxylation is 1. The Balaban J connectivity index is 2.13. The molecule has 2 atom stereocenters. The Labute approximate surface area is 125 Å². The molecule has 4 nitrogen and oxygen atoms in total. The SMILES string of the molecule is CCn1c(C2CCCC2C(=O)O)nc2cc(Br)ccc21. The molecule has 2 unspecified atom stereocenters. The van der Waals surface area contributed by atoms with Gasteiger partial charge in [0.25, 0.3) is 0 Å². The molecule has 0 spiro atoms. The van der Waals surface area contributed by atoms with Gasteiger partial charge in [-0.15, -0.1) is 0 Å². The predicted octanol–water partition coefficient (Wildman–Crippen LogP) is 3.79. The Morgan fingerprint density at radius 1 is 1.50 bits per heavy atom. The minimum Gasteiger partial charge on any atom is -0.481 e. The maximum absolute atomic E-state index is 11.4. The number of hydrogen-bond acceptors (Lipinski definition) is 2. The zero-order chi connectivity index (χ0) is 14.3. The van der Waals surface area contributed by atoms with Gasteiger partial charge in [-0.3, -0.25) is 4.79 Å². The predicted molar refractivity (Wildman–Crippen MR) is 80.8 cm³/mol. The molecule has 0 amide bonds. The van der Waals surface area contributed by atoms with E-state index in [0.29, 0.717) is 0 Å². The molecule has 0 radical (unpaired) electrons.